The normalized spacial score (nSPS) is 18.5. The van der Waals surface area contributed by atoms with Gasteiger partial charge >= 0.3 is 0 Å². The Morgan fingerprint density at radius 3 is 2.90 bits per heavy atom. The van der Waals surface area contributed by atoms with Crippen molar-refractivity contribution in [3.8, 4) is 0 Å². The van der Waals surface area contributed by atoms with Gasteiger partial charge < -0.3 is 20.7 Å². The van der Waals surface area contributed by atoms with Gasteiger partial charge in [-0.25, -0.2) is 15.0 Å². The predicted octanol–water partition coefficient (Wildman–Crippen LogP) is 3.40. The van der Waals surface area contributed by atoms with Crippen LogP contribution in [0.25, 0.3) is 10.3 Å². The molecule has 0 bridgehead atoms. The van der Waals surface area contributed by atoms with E-state index in [9.17, 15) is 4.79 Å². The van der Waals surface area contributed by atoms with Gasteiger partial charge in [0.15, 0.2) is 5.13 Å². The van der Waals surface area contributed by atoms with E-state index in [1.54, 1.807) is 13.3 Å². The van der Waals surface area contributed by atoms with E-state index >= 15 is 0 Å². The lowest BCUT2D eigenvalue weighted by Crippen LogP contribution is -2.48. The number of methoxy groups -OCH3 is 1. The van der Waals surface area contributed by atoms with Crippen LogP contribution in [-0.2, 0) is 16.1 Å². The van der Waals surface area contributed by atoms with E-state index in [1.165, 1.54) is 17.4 Å². The van der Waals surface area contributed by atoms with Gasteiger partial charge in [-0.15, -0.1) is 0 Å². The molecule has 2 unspecified atom stereocenters. The summed E-state index contributed by atoms with van der Waals surface area (Å²) in [6.07, 6.45) is 7.03. The van der Waals surface area contributed by atoms with Crippen LogP contribution < -0.4 is 16.0 Å². The third-order valence-electron chi connectivity index (χ3n) is 5.07. The zero-order valence-corrected chi connectivity index (χ0v) is 18.1. The third kappa shape index (κ3) is 5.33. The van der Waals surface area contributed by atoms with Crippen molar-refractivity contribution in [2.75, 3.05) is 17.7 Å². The maximum absolute atomic E-state index is 11.8. The Morgan fingerprint density at radius 2 is 2.13 bits per heavy atom. The Balaban J connectivity index is 1.55. The zero-order chi connectivity index (χ0) is 21.6. The number of carbonyl (C=O) groups excluding carboxylic acids is 1. The molecule has 1 fully saturated rings. The molecule has 1 saturated carbocycles. The highest BCUT2D eigenvalue weighted by Gasteiger charge is 2.26. The van der Waals surface area contributed by atoms with Crippen LogP contribution in [0.2, 0.25) is 0 Å². The number of thiazole rings is 1. The summed E-state index contributed by atoms with van der Waals surface area (Å²) in [6, 6.07) is 5.66. The van der Waals surface area contributed by atoms with Crippen LogP contribution in [0.15, 0.2) is 37.1 Å². The maximum atomic E-state index is 11.8. The first-order valence-electron chi connectivity index (χ1n) is 10.2. The highest BCUT2D eigenvalue weighted by atomic mass is 32.1. The fraction of sp³-hybridized carbons (Fsp3) is 0.381. The second-order valence-corrected chi connectivity index (χ2v) is 8.30. The van der Waals surface area contributed by atoms with Gasteiger partial charge in [0.05, 0.1) is 12.3 Å². The van der Waals surface area contributed by atoms with Crippen LogP contribution in [-0.4, -0.2) is 45.0 Å². The van der Waals surface area contributed by atoms with Gasteiger partial charge in [0.25, 0.3) is 0 Å². The third-order valence-corrected chi connectivity index (χ3v) is 5.96. The largest absolute Gasteiger partial charge is 0.378 e. The summed E-state index contributed by atoms with van der Waals surface area (Å²) >= 11 is 1.46. The van der Waals surface area contributed by atoms with Crippen molar-refractivity contribution in [1.82, 2.24) is 25.3 Å². The van der Waals surface area contributed by atoms with E-state index in [2.05, 4.69) is 42.5 Å². The number of fused-ring (bicyclic) bond motifs is 1. The molecule has 1 aliphatic carbocycles. The van der Waals surface area contributed by atoms with E-state index in [0.29, 0.717) is 23.5 Å². The van der Waals surface area contributed by atoms with Gasteiger partial charge in [0.1, 0.15) is 16.2 Å². The van der Waals surface area contributed by atoms with Crippen LogP contribution in [0.4, 0.5) is 16.9 Å². The number of pyridine rings is 1. The fourth-order valence-corrected chi connectivity index (χ4v) is 4.48. The van der Waals surface area contributed by atoms with Gasteiger partial charge in [-0.1, -0.05) is 30.8 Å². The minimum Gasteiger partial charge on any atom is -0.378 e. The van der Waals surface area contributed by atoms with E-state index < -0.39 is 0 Å². The van der Waals surface area contributed by atoms with Crippen molar-refractivity contribution in [1.29, 1.82) is 0 Å². The molecule has 0 spiro atoms. The molecule has 31 heavy (non-hydrogen) atoms. The first kappa shape index (κ1) is 21.1. The van der Waals surface area contributed by atoms with Crippen LogP contribution in [0, 0.1) is 0 Å². The number of ether oxygens (including phenoxy) is 1. The average molecular weight is 440 g/mol. The van der Waals surface area contributed by atoms with Gasteiger partial charge in [-0.3, -0.25) is 4.79 Å². The molecule has 0 saturated heterocycles. The molecule has 1 aliphatic rings. The molecule has 9 nitrogen and oxygen atoms in total. The van der Waals surface area contributed by atoms with Crippen LogP contribution in [0.3, 0.4) is 0 Å². The monoisotopic (exact) mass is 439 g/mol. The minimum absolute atomic E-state index is 0.000627. The van der Waals surface area contributed by atoms with E-state index in [0.717, 1.165) is 41.7 Å². The highest BCUT2D eigenvalue weighted by Crippen LogP contribution is 2.27. The summed E-state index contributed by atoms with van der Waals surface area (Å²) in [5, 5.41) is 10.4. The average Bonchev–Trinajstić information content (AvgIpc) is 3.17. The molecule has 162 valence electrons. The lowest BCUT2D eigenvalue weighted by Gasteiger charge is -2.32. The number of nitrogens with one attached hydrogen (secondary N) is 3. The van der Waals surface area contributed by atoms with Crippen molar-refractivity contribution in [2.24, 2.45) is 0 Å². The summed E-state index contributed by atoms with van der Waals surface area (Å²) < 4.78 is 5.28. The first-order chi connectivity index (χ1) is 15.1. The topological polar surface area (TPSA) is 114 Å². The summed E-state index contributed by atoms with van der Waals surface area (Å²) in [5.41, 5.74) is 1.58. The predicted molar refractivity (Wildman–Crippen MR) is 121 cm³/mol. The number of carbonyl (C=O) groups is 1. The van der Waals surface area contributed by atoms with Crippen molar-refractivity contribution >= 4 is 44.5 Å². The Labute approximate surface area is 184 Å². The molecular formula is C21H25N7O2S. The number of anilines is 3. The maximum Gasteiger partial charge on any atom is 0.243 e. The standard InChI is InChI=1S/C21H25N7O2S/c1-3-18(29)24-14-7-4-5-8-15(14)25-20-23-13(12-30-2)11-17(27-20)28-21-26-16-9-6-10-22-19(16)31-21/h3,6,9-11,14-15H,1,4-5,7-8,12H2,2H3,(H,24,29)(H2,23,25,26,27,28). The SMILES string of the molecule is C=CC(=O)NC1CCCCC1Nc1nc(COC)cc(Nc2nc3cccnc3s2)n1. The second-order valence-electron chi connectivity index (χ2n) is 7.33. The van der Waals surface area contributed by atoms with Crippen LogP contribution in [0.1, 0.15) is 31.4 Å². The second kappa shape index (κ2) is 9.80. The Bertz CT molecular complexity index is 1040. The van der Waals surface area contributed by atoms with E-state index in [1.807, 2.05) is 18.2 Å². The molecule has 3 aromatic rings. The lowest BCUT2D eigenvalue weighted by atomic mass is 9.90. The van der Waals surface area contributed by atoms with Crippen molar-refractivity contribution in [3.05, 3.63) is 42.7 Å². The van der Waals surface area contributed by atoms with E-state index in [-0.39, 0.29) is 18.0 Å². The van der Waals surface area contributed by atoms with Gasteiger partial charge in [-0.2, -0.15) is 4.98 Å². The molecule has 2 atom stereocenters. The number of aromatic nitrogens is 4. The molecule has 1 amide bonds. The zero-order valence-electron chi connectivity index (χ0n) is 17.3. The van der Waals surface area contributed by atoms with Crippen LogP contribution in [0.5, 0.6) is 0 Å². The number of hydrogen-bond donors (Lipinski definition) is 3. The van der Waals surface area contributed by atoms with Crippen molar-refractivity contribution in [3.63, 3.8) is 0 Å². The van der Waals surface area contributed by atoms with Gasteiger partial charge in [0, 0.05) is 31.5 Å². The molecular weight excluding hydrogens is 414 g/mol. The molecule has 10 heteroatoms. The van der Waals surface area contributed by atoms with Gasteiger partial charge in [0.2, 0.25) is 11.9 Å². The Kier molecular flexibility index (Phi) is 6.68. The molecule has 3 N–H and O–H groups in total. The Morgan fingerprint density at radius 1 is 1.29 bits per heavy atom. The molecule has 4 rings (SSSR count). The molecule has 0 aliphatic heterocycles. The summed E-state index contributed by atoms with van der Waals surface area (Å²) in [7, 11) is 1.63. The van der Waals surface area contributed by atoms with Crippen molar-refractivity contribution < 1.29 is 9.53 Å². The number of hydrogen-bond acceptors (Lipinski definition) is 9. The van der Waals surface area contributed by atoms with Crippen LogP contribution >= 0.6 is 11.3 Å². The first-order valence-corrected chi connectivity index (χ1v) is 11.0. The van der Waals surface area contributed by atoms with E-state index in [4.69, 9.17) is 4.74 Å². The number of rotatable bonds is 8. The Hall–Kier alpha value is -3.11. The highest BCUT2D eigenvalue weighted by molar-refractivity contribution is 7.21. The minimum atomic E-state index is -0.167. The summed E-state index contributed by atoms with van der Waals surface area (Å²) in [4.78, 5) is 30.8. The molecule has 0 aromatic carbocycles. The van der Waals surface area contributed by atoms with Gasteiger partial charge in [-0.05, 0) is 31.1 Å². The quantitative estimate of drug-likeness (QED) is 0.458. The molecule has 3 aromatic heterocycles. The number of nitrogens with zero attached hydrogens (tertiary/aromatic N) is 4. The molecule has 3 heterocycles. The number of amides is 1. The summed E-state index contributed by atoms with van der Waals surface area (Å²) in [5.74, 6) is 0.937. The smallest absolute Gasteiger partial charge is 0.243 e. The fourth-order valence-electron chi connectivity index (χ4n) is 3.66. The molecule has 0 radical (unpaired) electrons. The summed E-state index contributed by atoms with van der Waals surface area (Å²) in [6.45, 7) is 3.90. The van der Waals surface area contributed by atoms with Crippen molar-refractivity contribution in [2.45, 2.75) is 44.4 Å². The lowest BCUT2D eigenvalue weighted by molar-refractivity contribution is -0.117.